The molecule has 0 aliphatic carbocycles. The predicted molar refractivity (Wildman–Crippen MR) is 266 cm³/mol. The number of hydrogen-bond acceptors (Lipinski definition) is 24. The molecular formula is C56H58O24. The zero-order valence-electron chi connectivity index (χ0n) is 44.0. The number of carbonyl (C=O) groups excluding carboxylic acids is 9. The number of carbonyl (C=O) groups is 9. The van der Waals surface area contributed by atoms with Crippen LogP contribution in [-0.4, -0.2) is 164 Å². The summed E-state index contributed by atoms with van der Waals surface area (Å²) in [6.07, 6.45) is -26.3. The van der Waals surface area contributed by atoms with Crippen LogP contribution in [0.15, 0.2) is 121 Å². The Bertz CT molecular complexity index is 2800. The molecule has 3 fully saturated rings. The van der Waals surface area contributed by atoms with Crippen molar-refractivity contribution < 1.29 is 115 Å². The third-order valence-corrected chi connectivity index (χ3v) is 12.3. The zero-order valence-corrected chi connectivity index (χ0v) is 44.0. The highest BCUT2D eigenvalue weighted by Crippen LogP contribution is 2.37. The lowest BCUT2D eigenvalue weighted by Crippen LogP contribution is -2.67. The Morgan fingerprint density at radius 2 is 0.725 bits per heavy atom. The molecule has 0 spiro atoms. The quantitative estimate of drug-likeness (QED) is 0.103. The Balaban J connectivity index is 1.31. The average Bonchev–Trinajstić information content (AvgIpc) is 3.50. The van der Waals surface area contributed by atoms with Crippen molar-refractivity contribution in [1.82, 2.24) is 0 Å². The van der Waals surface area contributed by atoms with Crippen molar-refractivity contribution in [2.45, 2.75) is 134 Å². The summed E-state index contributed by atoms with van der Waals surface area (Å²) in [5, 5.41) is 11.1. The van der Waals surface area contributed by atoms with Gasteiger partial charge in [0.05, 0.1) is 35.0 Å². The second-order valence-electron chi connectivity index (χ2n) is 18.3. The second kappa shape index (κ2) is 27.6. The maximum atomic E-state index is 14.2. The van der Waals surface area contributed by atoms with Crippen LogP contribution in [0.25, 0.3) is 0 Å². The van der Waals surface area contributed by atoms with Crippen LogP contribution in [0, 0.1) is 0 Å². The van der Waals surface area contributed by atoms with E-state index in [1.165, 1.54) is 55.5 Å². The molecule has 3 saturated heterocycles. The second-order valence-corrected chi connectivity index (χ2v) is 18.3. The van der Waals surface area contributed by atoms with Gasteiger partial charge in [0.25, 0.3) is 0 Å². The number of ether oxygens (including phenoxy) is 14. The Kier molecular flexibility index (Phi) is 20.6. The number of benzene rings is 4. The van der Waals surface area contributed by atoms with E-state index in [4.69, 9.17) is 66.3 Å². The normalized spacial score (nSPS) is 28.1. The highest BCUT2D eigenvalue weighted by molar-refractivity contribution is 5.91. The average molecular weight is 1120 g/mol. The van der Waals surface area contributed by atoms with Crippen LogP contribution in [0.4, 0.5) is 0 Å². The molecule has 15 atom stereocenters. The molecule has 1 N–H and O–H groups in total. The first-order valence-corrected chi connectivity index (χ1v) is 25.1. The molecule has 0 radical (unpaired) electrons. The molecule has 24 heteroatoms. The fraction of sp³-hybridized carbons (Fsp3) is 0.411. The Hall–Kier alpha value is -8.13. The van der Waals surface area contributed by atoms with E-state index in [1.54, 1.807) is 72.8 Å². The number of aliphatic hydroxyl groups excluding tert-OH is 1. The summed E-state index contributed by atoms with van der Waals surface area (Å²) in [7, 11) is 0. The molecule has 3 aliphatic heterocycles. The van der Waals surface area contributed by atoms with Gasteiger partial charge in [-0.1, -0.05) is 72.8 Å². The summed E-state index contributed by atoms with van der Waals surface area (Å²) in [6, 6.07) is 30.8. The third kappa shape index (κ3) is 15.6. The molecule has 0 unspecified atom stereocenters. The van der Waals surface area contributed by atoms with Gasteiger partial charge in [-0.15, -0.1) is 0 Å². The van der Waals surface area contributed by atoms with Gasteiger partial charge in [0.2, 0.25) is 0 Å². The maximum Gasteiger partial charge on any atom is 0.338 e. The minimum Gasteiger partial charge on any atom is -0.459 e. The molecule has 4 aromatic carbocycles. The summed E-state index contributed by atoms with van der Waals surface area (Å²) in [5.74, 6) is -8.58. The largest absolute Gasteiger partial charge is 0.459 e. The van der Waals surface area contributed by atoms with Crippen molar-refractivity contribution in [2.75, 3.05) is 13.2 Å². The van der Waals surface area contributed by atoms with Crippen molar-refractivity contribution in [1.29, 1.82) is 0 Å². The van der Waals surface area contributed by atoms with E-state index in [2.05, 4.69) is 0 Å². The van der Waals surface area contributed by atoms with Crippen LogP contribution in [0.3, 0.4) is 0 Å². The topological polar surface area (TPSA) is 303 Å². The molecule has 426 valence electrons. The predicted octanol–water partition coefficient (Wildman–Crippen LogP) is 3.77. The first-order valence-electron chi connectivity index (χ1n) is 25.1. The number of esters is 9. The van der Waals surface area contributed by atoms with Gasteiger partial charge >= 0.3 is 53.7 Å². The fourth-order valence-corrected chi connectivity index (χ4v) is 8.92. The molecule has 0 aromatic heterocycles. The van der Waals surface area contributed by atoms with E-state index in [-0.39, 0.29) is 22.3 Å². The molecule has 0 amide bonds. The molecule has 24 nitrogen and oxygen atoms in total. The van der Waals surface area contributed by atoms with Crippen LogP contribution in [0.1, 0.15) is 83.0 Å². The van der Waals surface area contributed by atoms with Gasteiger partial charge in [-0.2, -0.15) is 0 Å². The Morgan fingerprint density at radius 1 is 0.375 bits per heavy atom. The van der Waals surface area contributed by atoms with E-state index < -0.39 is 159 Å². The third-order valence-electron chi connectivity index (χ3n) is 12.3. The lowest BCUT2D eigenvalue weighted by Gasteiger charge is -2.49. The highest BCUT2D eigenvalue weighted by Gasteiger charge is 2.58. The first-order chi connectivity index (χ1) is 38.3. The van der Waals surface area contributed by atoms with Gasteiger partial charge in [0, 0.05) is 34.6 Å². The zero-order chi connectivity index (χ0) is 57.6. The molecule has 3 aliphatic rings. The van der Waals surface area contributed by atoms with E-state index >= 15 is 0 Å². The number of hydrogen-bond donors (Lipinski definition) is 1. The van der Waals surface area contributed by atoms with Gasteiger partial charge in [0.15, 0.2) is 67.7 Å². The summed E-state index contributed by atoms with van der Waals surface area (Å²) in [6.45, 7) is 4.88. The first kappa shape index (κ1) is 59.5. The maximum absolute atomic E-state index is 14.2. The van der Waals surface area contributed by atoms with Crippen molar-refractivity contribution in [3.63, 3.8) is 0 Å². The minimum atomic E-state index is -2.03. The summed E-state index contributed by atoms with van der Waals surface area (Å²) < 4.78 is 83.3. The summed E-state index contributed by atoms with van der Waals surface area (Å²) >= 11 is 0. The van der Waals surface area contributed by atoms with Gasteiger partial charge in [0.1, 0.15) is 24.9 Å². The smallest absolute Gasteiger partial charge is 0.338 e. The van der Waals surface area contributed by atoms with E-state index in [0.717, 1.165) is 34.6 Å². The Labute approximate surface area is 457 Å². The van der Waals surface area contributed by atoms with Crippen LogP contribution in [-0.2, 0) is 90.3 Å². The van der Waals surface area contributed by atoms with Gasteiger partial charge < -0.3 is 71.4 Å². The van der Waals surface area contributed by atoms with Crippen molar-refractivity contribution in [3.05, 3.63) is 144 Å². The molecular weight excluding hydrogens is 1060 g/mol. The fourth-order valence-electron chi connectivity index (χ4n) is 8.92. The SMILES string of the molecule is CC(=O)O[C@@H]1[C@@H](OC(C)=O)[C@@H](O)O[C@H](CO[C@@H]2O[C@H](COC(=O)c3ccccc3)[C@@H](O[C@@H]3O[C@@H](C)[C@H](OC(=O)c4ccccc4)[C@@H](OC(=O)c4ccccc4)[C@H]3OC(=O)c3ccccc3)[C@H](OC(C)=O)[C@H]2OC(C)=O)[C@H]1OC(C)=O. The molecule has 3 heterocycles. The van der Waals surface area contributed by atoms with Gasteiger partial charge in [-0.05, 0) is 55.5 Å². The van der Waals surface area contributed by atoms with Crippen molar-refractivity contribution >= 4 is 53.7 Å². The van der Waals surface area contributed by atoms with Crippen LogP contribution in [0.2, 0.25) is 0 Å². The van der Waals surface area contributed by atoms with Crippen LogP contribution in [0.5, 0.6) is 0 Å². The number of rotatable bonds is 19. The van der Waals surface area contributed by atoms with E-state index in [1.807, 2.05) is 0 Å². The Morgan fingerprint density at radius 3 is 1.19 bits per heavy atom. The minimum absolute atomic E-state index is 0.00160. The number of aliphatic hydroxyl groups is 1. The molecule has 80 heavy (non-hydrogen) atoms. The lowest BCUT2D eigenvalue weighted by atomic mass is 9.96. The molecule has 0 saturated carbocycles. The molecule has 4 aromatic rings. The molecule has 0 bridgehead atoms. The van der Waals surface area contributed by atoms with Crippen LogP contribution < -0.4 is 0 Å². The summed E-state index contributed by atoms with van der Waals surface area (Å²) in [5.41, 5.74) is 0.215. The summed E-state index contributed by atoms with van der Waals surface area (Å²) in [4.78, 5) is 119. The van der Waals surface area contributed by atoms with Gasteiger partial charge in [-0.3, -0.25) is 24.0 Å². The van der Waals surface area contributed by atoms with E-state index in [0.29, 0.717) is 0 Å². The highest BCUT2D eigenvalue weighted by atomic mass is 16.8. The van der Waals surface area contributed by atoms with E-state index in [9.17, 15) is 48.3 Å². The lowest BCUT2D eigenvalue weighted by molar-refractivity contribution is -0.361. The van der Waals surface area contributed by atoms with Gasteiger partial charge in [-0.25, -0.2) is 19.2 Å². The van der Waals surface area contributed by atoms with Crippen LogP contribution >= 0.6 is 0 Å². The van der Waals surface area contributed by atoms with Crippen molar-refractivity contribution in [2.24, 2.45) is 0 Å². The standard InChI is InChI=1S/C56H58O24/c1-29-41(77-51(63)36-21-13-8-14-22-36)44(78-52(64)37-23-15-9-16-24-37)49(79-53(65)38-25-17-10-18-26-38)56(69-29)80-43-40(27-67-50(62)35-19-11-7-12-20-35)76-55(48(74-34(6)61)46(43)72-32(4)59)68-28-39-42(70-30(2)57)45(71-31(3)58)47(54(66)75-39)73-33(5)60/h7-26,29,39-49,54-56,66H,27-28H2,1-6H3/t29-,39+,40+,41-,42+,43+,44+,45-,46-,47+,48+,49+,54-,55+,56-/m0/s1. The van der Waals surface area contributed by atoms with Crippen molar-refractivity contribution in [3.8, 4) is 0 Å². The molecule has 7 rings (SSSR count). The monoisotopic (exact) mass is 1110 g/mol.